The minimum absolute atomic E-state index is 0.438. The fourth-order valence-electron chi connectivity index (χ4n) is 2.97. The number of ether oxygens (including phenoxy) is 2. The molecule has 0 spiro atoms. The third-order valence-corrected chi connectivity index (χ3v) is 4.37. The molecule has 0 radical (unpaired) electrons. The number of H-pyrrole nitrogens is 1. The van der Waals surface area contributed by atoms with Gasteiger partial charge in [0.15, 0.2) is 6.29 Å². The van der Waals surface area contributed by atoms with Gasteiger partial charge in [-0.05, 0) is 17.2 Å². The summed E-state index contributed by atoms with van der Waals surface area (Å²) >= 11 is 0. The van der Waals surface area contributed by atoms with Crippen molar-refractivity contribution in [2.45, 2.75) is 13.2 Å². The summed E-state index contributed by atoms with van der Waals surface area (Å²) in [5, 5.41) is 0.790. The van der Waals surface area contributed by atoms with Gasteiger partial charge < -0.3 is 14.5 Å². The molecule has 4 aromatic rings. The number of hydrogen-bond donors (Lipinski definition) is 1. The molecule has 0 unspecified atom stereocenters. The summed E-state index contributed by atoms with van der Waals surface area (Å²) in [7, 11) is 0. The molecule has 1 N–H and O–H groups in total. The van der Waals surface area contributed by atoms with Crippen molar-refractivity contribution in [2.75, 3.05) is 0 Å². The Morgan fingerprint density at radius 3 is 2.07 bits per heavy atom. The van der Waals surface area contributed by atoms with Gasteiger partial charge in [-0.15, -0.1) is 0 Å². The molecule has 0 fully saturated rings. The molecule has 0 amide bonds. The lowest BCUT2D eigenvalue weighted by Gasteiger charge is -2.12. The van der Waals surface area contributed by atoms with Gasteiger partial charge in [0.2, 0.25) is 0 Å². The molecule has 3 aromatic carbocycles. The van der Waals surface area contributed by atoms with Crippen molar-refractivity contribution in [1.29, 1.82) is 0 Å². The van der Waals surface area contributed by atoms with E-state index < -0.39 is 0 Å². The number of aromatic amines is 1. The van der Waals surface area contributed by atoms with E-state index in [-0.39, 0.29) is 0 Å². The lowest BCUT2D eigenvalue weighted by Crippen LogP contribution is -1.98. The van der Waals surface area contributed by atoms with Crippen LogP contribution in [0.4, 0.5) is 0 Å². The van der Waals surface area contributed by atoms with Crippen LogP contribution in [-0.2, 0) is 13.2 Å². The minimum Gasteiger partial charge on any atom is -0.489 e. The highest BCUT2D eigenvalue weighted by Gasteiger charge is 2.12. The molecule has 0 atom stereocenters. The number of carbonyl (C=O) groups is 1. The van der Waals surface area contributed by atoms with Gasteiger partial charge in [0.05, 0.1) is 5.52 Å². The summed E-state index contributed by atoms with van der Waals surface area (Å²) < 4.78 is 12.0. The highest BCUT2D eigenvalue weighted by molar-refractivity contribution is 6.00. The lowest BCUT2D eigenvalue weighted by molar-refractivity contribution is 0.112. The lowest BCUT2D eigenvalue weighted by atomic mass is 10.1. The maximum atomic E-state index is 11.4. The molecule has 0 aliphatic heterocycles. The van der Waals surface area contributed by atoms with E-state index in [2.05, 4.69) is 4.98 Å². The minimum atomic E-state index is 0.438. The summed E-state index contributed by atoms with van der Waals surface area (Å²) in [5.41, 5.74) is 3.53. The molecule has 4 rings (SSSR count). The number of aromatic nitrogens is 1. The smallest absolute Gasteiger partial charge is 0.152 e. The monoisotopic (exact) mass is 357 g/mol. The first kappa shape index (κ1) is 16.9. The van der Waals surface area contributed by atoms with Crippen LogP contribution < -0.4 is 9.47 Å². The van der Waals surface area contributed by atoms with Gasteiger partial charge in [0.25, 0.3) is 0 Å². The van der Waals surface area contributed by atoms with Crippen LogP contribution in [0.3, 0.4) is 0 Å². The van der Waals surface area contributed by atoms with Crippen molar-refractivity contribution >= 4 is 17.2 Å². The van der Waals surface area contributed by atoms with Gasteiger partial charge in [0, 0.05) is 23.2 Å². The van der Waals surface area contributed by atoms with E-state index in [9.17, 15) is 4.79 Å². The Kier molecular flexibility index (Phi) is 4.88. The fourth-order valence-corrected chi connectivity index (χ4v) is 2.97. The Labute approximate surface area is 157 Å². The van der Waals surface area contributed by atoms with Gasteiger partial charge in [-0.1, -0.05) is 60.7 Å². The van der Waals surface area contributed by atoms with Crippen molar-refractivity contribution in [3.63, 3.8) is 0 Å². The van der Waals surface area contributed by atoms with Crippen LogP contribution in [0, 0.1) is 0 Å². The molecule has 0 aliphatic rings. The highest BCUT2D eigenvalue weighted by Crippen LogP contribution is 2.33. The standard InChI is InChI=1S/C23H19NO3/c25-14-19-13-24-23-21(19)11-20(26-15-17-7-3-1-4-8-17)12-22(23)27-16-18-9-5-2-6-10-18/h1-14,24H,15-16H2. The van der Waals surface area contributed by atoms with Crippen LogP contribution in [0.25, 0.3) is 10.9 Å². The third kappa shape index (κ3) is 3.85. The maximum absolute atomic E-state index is 11.4. The number of fused-ring (bicyclic) bond motifs is 1. The molecule has 0 saturated carbocycles. The third-order valence-electron chi connectivity index (χ3n) is 4.37. The van der Waals surface area contributed by atoms with Crippen molar-refractivity contribution in [1.82, 2.24) is 4.98 Å². The van der Waals surface area contributed by atoms with Crippen LogP contribution >= 0.6 is 0 Å². The number of nitrogens with one attached hydrogen (secondary N) is 1. The first-order valence-electron chi connectivity index (χ1n) is 8.77. The Balaban J connectivity index is 1.62. The Bertz CT molecular complexity index is 1040. The van der Waals surface area contributed by atoms with Crippen molar-refractivity contribution in [3.8, 4) is 11.5 Å². The van der Waals surface area contributed by atoms with Crippen LogP contribution in [0.5, 0.6) is 11.5 Å². The quantitative estimate of drug-likeness (QED) is 0.466. The van der Waals surface area contributed by atoms with Gasteiger partial charge in [-0.25, -0.2) is 0 Å². The summed E-state index contributed by atoms with van der Waals surface area (Å²) in [6.07, 6.45) is 2.52. The molecule has 134 valence electrons. The largest absolute Gasteiger partial charge is 0.489 e. The molecule has 0 bridgehead atoms. The highest BCUT2D eigenvalue weighted by atomic mass is 16.5. The zero-order chi connectivity index (χ0) is 18.5. The van der Waals surface area contributed by atoms with E-state index in [4.69, 9.17) is 9.47 Å². The number of hydrogen-bond acceptors (Lipinski definition) is 3. The number of benzene rings is 3. The van der Waals surface area contributed by atoms with E-state index in [1.54, 1.807) is 6.20 Å². The number of rotatable bonds is 7. The van der Waals surface area contributed by atoms with Gasteiger partial charge in [-0.3, -0.25) is 4.79 Å². The average molecular weight is 357 g/mol. The molecular weight excluding hydrogens is 338 g/mol. The topological polar surface area (TPSA) is 51.3 Å². The van der Waals surface area contributed by atoms with Crippen molar-refractivity contribution in [2.24, 2.45) is 0 Å². The normalized spacial score (nSPS) is 10.7. The predicted octanol–water partition coefficient (Wildman–Crippen LogP) is 5.14. The SMILES string of the molecule is O=Cc1c[nH]c2c(OCc3ccccc3)cc(OCc3ccccc3)cc12. The summed E-state index contributed by atoms with van der Waals surface area (Å²) in [4.78, 5) is 14.5. The summed E-state index contributed by atoms with van der Waals surface area (Å²) in [6, 6.07) is 23.6. The molecule has 1 heterocycles. The molecule has 27 heavy (non-hydrogen) atoms. The van der Waals surface area contributed by atoms with Crippen molar-refractivity contribution < 1.29 is 14.3 Å². The Morgan fingerprint density at radius 1 is 0.815 bits per heavy atom. The molecule has 4 nitrogen and oxygen atoms in total. The van der Waals surface area contributed by atoms with Crippen LogP contribution in [0.1, 0.15) is 21.5 Å². The zero-order valence-electron chi connectivity index (χ0n) is 14.7. The van der Waals surface area contributed by atoms with Gasteiger partial charge in [-0.2, -0.15) is 0 Å². The number of carbonyl (C=O) groups excluding carboxylic acids is 1. The van der Waals surface area contributed by atoms with Crippen molar-refractivity contribution in [3.05, 3.63) is 95.7 Å². The molecular formula is C23H19NO3. The average Bonchev–Trinajstić information content (AvgIpc) is 3.15. The van der Waals surface area contributed by atoms with E-state index in [0.29, 0.717) is 30.3 Å². The predicted molar refractivity (Wildman–Crippen MR) is 105 cm³/mol. The Morgan fingerprint density at radius 2 is 1.44 bits per heavy atom. The van der Waals surface area contributed by atoms with Crippen LogP contribution in [-0.4, -0.2) is 11.3 Å². The maximum Gasteiger partial charge on any atom is 0.152 e. The molecule has 0 saturated heterocycles. The molecule has 0 aliphatic carbocycles. The Hall–Kier alpha value is -3.53. The van der Waals surface area contributed by atoms with Gasteiger partial charge >= 0.3 is 0 Å². The second kappa shape index (κ2) is 7.79. The fraction of sp³-hybridized carbons (Fsp3) is 0.0870. The summed E-state index contributed by atoms with van der Waals surface area (Å²) in [6.45, 7) is 0.888. The molecule has 4 heteroatoms. The second-order valence-corrected chi connectivity index (χ2v) is 6.25. The number of aldehydes is 1. The van der Waals surface area contributed by atoms with Crippen LogP contribution in [0.2, 0.25) is 0 Å². The first-order valence-corrected chi connectivity index (χ1v) is 8.77. The van der Waals surface area contributed by atoms with E-state index in [0.717, 1.165) is 28.3 Å². The molecule has 1 aromatic heterocycles. The van der Waals surface area contributed by atoms with Crippen LogP contribution in [0.15, 0.2) is 79.0 Å². The summed E-state index contributed by atoms with van der Waals surface area (Å²) in [5.74, 6) is 1.32. The van der Waals surface area contributed by atoms with Gasteiger partial charge in [0.1, 0.15) is 24.7 Å². The first-order chi connectivity index (χ1) is 13.3. The van der Waals surface area contributed by atoms with E-state index >= 15 is 0 Å². The zero-order valence-corrected chi connectivity index (χ0v) is 14.7. The van der Waals surface area contributed by atoms with E-state index in [1.807, 2.05) is 72.8 Å². The second-order valence-electron chi connectivity index (χ2n) is 6.25. The van der Waals surface area contributed by atoms with E-state index in [1.165, 1.54) is 0 Å².